The highest BCUT2D eigenvalue weighted by atomic mass is 19.1. The van der Waals surface area contributed by atoms with Crippen molar-refractivity contribution in [3.8, 4) is 0 Å². The number of anilines is 1. The van der Waals surface area contributed by atoms with E-state index in [0.717, 1.165) is 12.1 Å². The Bertz CT molecular complexity index is 836. The largest absolute Gasteiger partial charge is 0.465 e. The van der Waals surface area contributed by atoms with E-state index in [9.17, 15) is 19.1 Å². The molecule has 28 heavy (non-hydrogen) atoms. The van der Waals surface area contributed by atoms with Crippen molar-refractivity contribution in [1.82, 2.24) is 20.1 Å². The van der Waals surface area contributed by atoms with Gasteiger partial charge in [-0.25, -0.2) is 14.2 Å². The fraction of sp³-hybridized carbons (Fsp3) is 0.556. The smallest absolute Gasteiger partial charge is 0.407 e. The molecule has 0 bridgehead atoms. The Morgan fingerprint density at radius 1 is 1.50 bits per heavy atom. The van der Waals surface area contributed by atoms with Crippen LogP contribution in [-0.4, -0.2) is 55.9 Å². The third-order valence-corrected chi connectivity index (χ3v) is 5.00. The van der Waals surface area contributed by atoms with Crippen molar-refractivity contribution in [2.75, 3.05) is 12.0 Å². The Hall–Kier alpha value is -2.91. The van der Waals surface area contributed by atoms with Crippen LogP contribution in [0.25, 0.3) is 0 Å². The lowest BCUT2D eigenvalue weighted by molar-refractivity contribution is -0.115. The number of oxazole rings is 1. The zero-order chi connectivity index (χ0) is 20.3. The second kappa shape index (κ2) is 8.41. The minimum atomic E-state index is -1.10. The van der Waals surface area contributed by atoms with Crippen molar-refractivity contribution < 1.29 is 23.5 Å². The van der Waals surface area contributed by atoms with Crippen LogP contribution in [0.15, 0.2) is 16.7 Å². The predicted molar refractivity (Wildman–Crippen MR) is 97.8 cm³/mol. The number of nitrogens with one attached hydrogen (secondary N) is 2. The van der Waals surface area contributed by atoms with Gasteiger partial charge in [-0.1, -0.05) is 0 Å². The molecule has 1 aliphatic carbocycles. The Labute approximate surface area is 161 Å². The highest BCUT2D eigenvalue weighted by Gasteiger charge is 2.35. The van der Waals surface area contributed by atoms with E-state index in [4.69, 9.17) is 4.42 Å². The molecule has 3 rings (SSSR count). The molecular weight excluding hydrogens is 369 g/mol. The minimum Gasteiger partial charge on any atom is -0.465 e. The lowest BCUT2D eigenvalue weighted by atomic mass is 10.0. The molecule has 0 radical (unpaired) electrons. The van der Waals surface area contributed by atoms with Crippen molar-refractivity contribution >= 4 is 17.8 Å². The van der Waals surface area contributed by atoms with Gasteiger partial charge in [0.2, 0.25) is 11.8 Å². The number of aryl methyl sites for hydroxylation is 1. The summed E-state index contributed by atoms with van der Waals surface area (Å²) < 4.78 is 18.3. The average Bonchev–Trinajstić information content (AvgIpc) is 3.36. The number of aromatic nitrogens is 3. The summed E-state index contributed by atoms with van der Waals surface area (Å²) in [7, 11) is 0. The van der Waals surface area contributed by atoms with Gasteiger partial charge in [0.05, 0.1) is 12.2 Å². The molecule has 2 aromatic heterocycles. The van der Waals surface area contributed by atoms with Crippen LogP contribution in [-0.2, 0) is 11.2 Å². The molecule has 0 unspecified atom stereocenters. The molecule has 0 aliphatic heterocycles. The van der Waals surface area contributed by atoms with Crippen LogP contribution >= 0.6 is 0 Å². The van der Waals surface area contributed by atoms with Crippen LogP contribution in [0.2, 0.25) is 0 Å². The summed E-state index contributed by atoms with van der Waals surface area (Å²) >= 11 is 0. The first-order valence-electron chi connectivity index (χ1n) is 9.21. The molecule has 3 atom stereocenters. The van der Waals surface area contributed by atoms with Crippen LogP contribution in [0.1, 0.15) is 49.4 Å². The van der Waals surface area contributed by atoms with Crippen molar-refractivity contribution in [3.63, 3.8) is 0 Å². The predicted octanol–water partition coefficient (Wildman–Crippen LogP) is 2.86. The Balaban J connectivity index is 1.58. The summed E-state index contributed by atoms with van der Waals surface area (Å²) in [5.41, 5.74) is 0.822. The van der Waals surface area contributed by atoms with Gasteiger partial charge in [0.15, 0.2) is 5.82 Å². The van der Waals surface area contributed by atoms with Gasteiger partial charge in [0.25, 0.3) is 0 Å². The standard InChI is InChI=1S/C18H24FN5O4/c1-10(8-19)24(18(26)27)13-4-3-12(5-13)14-6-15(23-22-14)21-16(25)7-17-20-9-11(2)28-17/h6,9-10,12-13H,3-5,7-8H2,1-2H3,(H,26,27)(H2,21,22,23,25)/t10-,12-,13+/m0/s1. The number of rotatable bonds is 7. The third kappa shape index (κ3) is 4.49. The lowest BCUT2D eigenvalue weighted by Gasteiger charge is -2.30. The number of carbonyl (C=O) groups is 2. The van der Waals surface area contributed by atoms with E-state index in [-0.39, 0.29) is 24.3 Å². The minimum absolute atomic E-state index is 0.0101. The summed E-state index contributed by atoms with van der Waals surface area (Å²) in [5, 5.41) is 19.1. The molecule has 0 aromatic carbocycles. The number of carboxylic acid groups (broad SMARTS) is 1. The summed E-state index contributed by atoms with van der Waals surface area (Å²) in [6.07, 6.45) is 2.47. The van der Waals surface area contributed by atoms with Gasteiger partial charge in [-0.2, -0.15) is 5.10 Å². The fourth-order valence-electron chi connectivity index (χ4n) is 3.69. The molecule has 10 heteroatoms. The number of hydrogen-bond donors (Lipinski definition) is 3. The average molecular weight is 393 g/mol. The van der Waals surface area contributed by atoms with Crippen molar-refractivity contribution in [2.24, 2.45) is 0 Å². The SMILES string of the molecule is Cc1cnc(CC(=O)Nc2cc([C@H]3CC[C@@H](N(C(=O)O)[C@@H](C)CF)C3)[nH]n2)o1. The van der Waals surface area contributed by atoms with Gasteiger partial charge >= 0.3 is 6.09 Å². The number of alkyl halides is 1. The van der Waals surface area contributed by atoms with Crippen LogP contribution in [0.5, 0.6) is 0 Å². The number of nitrogens with zero attached hydrogens (tertiary/aromatic N) is 3. The summed E-state index contributed by atoms with van der Waals surface area (Å²) in [5.74, 6) is 1.14. The number of amides is 2. The van der Waals surface area contributed by atoms with Gasteiger partial charge in [-0.15, -0.1) is 0 Å². The molecule has 2 aromatic rings. The van der Waals surface area contributed by atoms with Crippen molar-refractivity contribution in [1.29, 1.82) is 0 Å². The Morgan fingerprint density at radius 2 is 2.29 bits per heavy atom. The number of halogens is 1. The van der Waals surface area contributed by atoms with Gasteiger partial charge in [-0.3, -0.25) is 9.89 Å². The second-order valence-electron chi connectivity index (χ2n) is 7.16. The van der Waals surface area contributed by atoms with E-state index in [2.05, 4.69) is 20.5 Å². The second-order valence-corrected chi connectivity index (χ2v) is 7.16. The highest BCUT2D eigenvalue weighted by molar-refractivity contribution is 5.90. The summed E-state index contributed by atoms with van der Waals surface area (Å²) in [4.78, 5) is 28.8. The summed E-state index contributed by atoms with van der Waals surface area (Å²) in [6, 6.07) is 0.842. The third-order valence-electron chi connectivity index (χ3n) is 5.00. The van der Waals surface area contributed by atoms with E-state index in [1.807, 2.05) is 0 Å². The fourth-order valence-corrected chi connectivity index (χ4v) is 3.69. The Kier molecular flexibility index (Phi) is 5.96. The van der Waals surface area contributed by atoms with Crippen molar-refractivity contribution in [3.05, 3.63) is 29.6 Å². The molecule has 1 saturated carbocycles. The first kappa shape index (κ1) is 19.8. The monoisotopic (exact) mass is 393 g/mol. The van der Waals surface area contributed by atoms with Crippen LogP contribution in [0.3, 0.4) is 0 Å². The molecule has 152 valence electrons. The topological polar surface area (TPSA) is 124 Å². The number of carbonyl (C=O) groups excluding carboxylic acids is 1. The number of hydrogen-bond acceptors (Lipinski definition) is 5. The molecule has 2 heterocycles. The molecule has 0 saturated heterocycles. The van der Waals surface area contributed by atoms with Gasteiger partial charge in [-0.05, 0) is 33.1 Å². The molecule has 1 fully saturated rings. The number of aromatic amines is 1. The van der Waals surface area contributed by atoms with Crippen molar-refractivity contribution in [2.45, 2.75) is 57.5 Å². The maximum absolute atomic E-state index is 13.0. The molecule has 0 spiro atoms. The van der Waals surface area contributed by atoms with Crippen LogP contribution < -0.4 is 5.32 Å². The molecular formula is C18H24FN5O4. The Morgan fingerprint density at radius 3 is 2.93 bits per heavy atom. The van der Waals surface area contributed by atoms with Crippen LogP contribution in [0, 0.1) is 6.92 Å². The lowest BCUT2D eigenvalue weighted by Crippen LogP contribution is -2.45. The van der Waals surface area contributed by atoms with E-state index < -0.39 is 18.8 Å². The highest BCUT2D eigenvalue weighted by Crippen LogP contribution is 2.37. The summed E-state index contributed by atoms with van der Waals surface area (Å²) in [6.45, 7) is 2.61. The zero-order valence-corrected chi connectivity index (χ0v) is 15.8. The molecule has 2 amide bonds. The normalized spacial score (nSPS) is 20.1. The van der Waals surface area contributed by atoms with E-state index >= 15 is 0 Å². The maximum Gasteiger partial charge on any atom is 0.407 e. The molecule has 3 N–H and O–H groups in total. The van der Waals surface area contributed by atoms with Gasteiger partial charge in [0.1, 0.15) is 18.9 Å². The van der Waals surface area contributed by atoms with Gasteiger partial charge in [0, 0.05) is 23.7 Å². The first-order chi connectivity index (χ1) is 13.4. The zero-order valence-electron chi connectivity index (χ0n) is 15.8. The van der Waals surface area contributed by atoms with Gasteiger partial charge < -0.3 is 19.7 Å². The number of H-pyrrole nitrogens is 1. The molecule has 1 aliphatic rings. The quantitative estimate of drug-likeness (QED) is 0.664. The van der Waals surface area contributed by atoms with E-state index in [1.165, 1.54) is 4.90 Å². The van der Waals surface area contributed by atoms with Crippen LogP contribution in [0.4, 0.5) is 15.0 Å². The first-order valence-corrected chi connectivity index (χ1v) is 9.21. The molecule has 9 nitrogen and oxygen atoms in total. The maximum atomic E-state index is 13.0. The van der Waals surface area contributed by atoms with E-state index in [1.54, 1.807) is 26.1 Å². The van der Waals surface area contributed by atoms with E-state index in [0.29, 0.717) is 30.3 Å².